The Bertz CT molecular complexity index is 709. The van der Waals surface area contributed by atoms with Crippen molar-refractivity contribution < 1.29 is 22.0 Å². The second-order valence-corrected chi connectivity index (χ2v) is 13.6. The van der Waals surface area contributed by atoms with E-state index in [0.29, 0.717) is 5.56 Å². The number of hydrogen-bond donors (Lipinski definition) is 0. The van der Waals surface area contributed by atoms with Crippen LogP contribution in [0.4, 0.5) is 5.69 Å². The predicted molar refractivity (Wildman–Crippen MR) is 94.7 cm³/mol. The molecule has 0 aliphatic carbocycles. The summed E-state index contributed by atoms with van der Waals surface area (Å²) in [6.45, 7) is 10.3. The molecule has 0 unspecified atom stereocenters. The van der Waals surface area contributed by atoms with Crippen LogP contribution in [0.15, 0.2) is 18.2 Å². The van der Waals surface area contributed by atoms with E-state index in [1.54, 1.807) is 12.1 Å². The van der Waals surface area contributed by atoms with Gasteiger partial charge in [0.25, 0.3) is 15.8 Å². The molecule has 0 aromatic heterocycles. The number of nitro groups is 1. The zero-order chi connectivity index (χ0) is 18.8. The topological polar surface area (TPSA) is 95.7 Å². The van der Waals surface area contributed by atoms with E-state index in [-0.39, 0.29) is 29.5 Å². The van der Waals surface area contributed by atoms with Crippen molar-refractivity contribution in [3.05, 3.63) is 39.4 Å². The predicted octanol–water partition coefficient (Wildman–Crippen LogP) is 3.59. The number of rotatable bonds is 7. The Morgan fingerprint density at radius 2 is 1.79 bits per heavy atom. The lowest BCUT2D eigenvalue weighted by Gasteiger charge is -2.36. The molecule has 1 rings (SSSR count). The first-order chi connectivity index (χ1) is 10.7. The third-order valence-corrected chi connectivity index (χ3v) is 9.28. The van der Waals surface area contributed by atoms with Gasteiger partial charge in [-0.15, -0.1) is 0 Å². The molecule has 0 spiro atoms. The van der Waals surface area contributed by atoms with Crippen molar-refractivity contribution in [3.8, 4) is 0 Å². The highest BCUT2D eigenvalue weighted by molar-refractivity contribution is 7.85. The van der Waals surface area contributed by atoms with Crippen molar-refractivity contribution in [1.29, 1.82) is 0 Å². The average Bonchev–Trinajstić information content (AvgIpc) is 2.40. The van der Waals surface area contributed by atoms with Crippen LogP contribution in [0, 0.1) is 10.1 Å². The van der Waals surface area contributed by atoms with E-state index in [9.17, 15) is 18.5 Å². The molecule has 1 aromatic rings. The summed E-state index contributed by atoms with van der Waals surface area (Å²) in [4.78, 5) is 10.7. The summed E-state index contributed by atoms with van der Waals surface area (Å²) in [5, 5.41) is 11.2. The normalized spacial score (nSPS) is 13.1. The molecule has 0 bridgehead atoms. The van der Waals surface area contributed by atoms with Gasteiger partial charge in [-0.1, -0.05) is 32.9 Å². The number of benzene rings is 1. The van der Waals surface area contributed by atoms with Crippen LogP contribution in [-0.4, -0.2) is 27.9 Å². The molecule has 0 aliphatic heterocycles. The maximum Gasteiger partial charge on any atom is 0.275 e. The molecular formula is C15H25NO6SSi. The van der Waals surface area contributed by atoms with Crippen molar-refractivity contribution in [1.82, 2.24) is 0 Å². The van der Waals surface area contributed by atoms with E-state index in [1.807, 2.05) is 0 Å². The minimum Gasteiger partial charge on any atom is -0.413 e. The van der Waals surface area contributed by atoms with E-state index >= 15 is 0 Å². The first-order valence-electron chi connectivity index (χ1n) is 7.48. The SMILES string of the molecule is CC(C)(C)[Si](C)(C)OCc1cccc([N+](=O)[O-])c1COS(C)(=O)=O. The molecule has 0 atom stereocenters. The van der Waals surface area contributed by atoms with Gasteiger partial charge in [0, 0.05) is 6.07 Å². The minimum atomic E-state index is -3.70. The fourth-order valence-electron chi connectivity index (χ4n) is 1.73. The van der Waals surface area contributed by atoms with Crippen molar-refractivity contribution in [2.45, 2.75) is 52.1 Å². The van der Waals surface area contributed by atoms with E-state index in [0.717, 1.165) is 6.26 Å². The molecular weight excluding hydrogens is 350 g/mol. The molecule has 0 fully saturated rings. The van der Waals surface area contributed by atoms with Gasteiger partial charge in [-0.25, -0.2) is 0 Å². The third-order valence-electron chi connectivity index (χ3n) is 4.26. The smallest absolute Gasteiger partial charge is 0.275 e. The van der Waals surface area contributed by atoms with Gasteiger partial charge in [0.2, 0.25) is 0 Å². The monoisotopic (exact) mass is 375 g/mol. The summed E-state index contributed by atoms with van der Waals surface area (Å²) in [7, 11) is -5.75. The van der Waals surface area contributed by atoms with Gasteiger partial charge in [-0.2, -0.15) is 8.42 Å². The summed E-state index contributed by atoms with van der Waals surface area (Å²) in [5.41, 5.74) is 0.624. The zero-order valence-corrected chi connectivity index (χ0v) is 16.8. The number of nitrogens with zero attached hydrogens (tertiary/aromatic N) is 1. The van der Waals surface area contributed by atoms with E-state index in [2.05, 4.69) is 33.9 Å². The highest BCUT2D eigenvalue weighted by Gasteiger charge is 2.37. The molecule has 0 heterocycles. The Kier molecular flexibility index (Phi) is 6.31. The van der Waals surface area contributed by atoms with Gasteiger partial charge in [0.1, 0.15) is 0 Å². The number of hydrogen-bond acceptors (Lipinski definition) is 6. The van der Waals surface area contributed by atoms with E-state index in [1.165, 1.54) is 6.07 Å². The molecule has 0 saturated carbocycles. The van der Waals surface area contributed by atoms with Crippen LogP contribution < -0.4 is 0 Å². The van der Waals surface area contributed by atoms with Crippen molar-refractivity contribution in [2.24, 2.45) is 0 Å². The van der Waals surface area contributed by atoms with Crippen LogP contribution >= 0.6 is 0 Å². The lowest BCUT2D eigenvalue weighted by Crippen LogP contribution is -2.40. The second kappa shape index (κ2) is 7.30. The molecule has 0 saturated heterocycles. The molecule has 9 heteroatoms. The van der Waals surface area contributed by atoms with Gasteiger partial charge in [0.05, 0.1) is 30.0 Å². The maximum absolute atomic E-state index is 11.2. The quantitative estimate of drug-likeness (QED) is 0.313. The first-order valence-corrected chi connectivity index (χ1v) is 12.2. The molecule has 0 aliphatic rings. The largest absolute Gasteiger partial charge is 0.413 e. The molecule has 24 heavy (non-hydrogen) atoms. The molecule has 136 valence electrons. The lowest BCUT2D eigenvalue weighted by molar-refractivity contribution is -0.385. The van der Waals surface area contributed by atoms with Gasteiger partial charge in [-0.3, -0.25) is 14.3 Å². The first kappa shape index (κ1) is 20.8. The Morgan fingerprint density at radius 1 is 1.21 bits per heavy atom. The molecule has 0 amide bonds. The van der Waals surface area contributed by atoms with Gasteiger partial charge >= 0.3 is 0 Å². The average molecular weight is 376 g/mol. The van der Waals surface area contributed by atoms with Crippen molar-refractivity contribution in [2.75, 3.05) is 6.26 Å². The third kappa shape index (κ3) is 5.66. The summed E-state index contributed by atoms with van der Waals surface area (Å²) in [6, 6.07) is 4.59. The van der Waals surface area contributed by atoms with Gasteiger partial charge < -0.3 is 4.43 Å². The summed E-state index contributed by atoms with van der Waals surface area (Å²) in [6.07, 6.45) is 0.910. The van der Waals surface area contributed by atoms with Crippen molar-refractivity contribution >= 4 is 24.1 Å². The second-order valence-electron chi connectivity index (χ2n) is 7.19. The Hall–Kier alpha value is -1.29. The van der Waals surface area contributed by atoms with Crippen LogP contribution in [0.3, 0.4) is 0 Å². The highest BCUT2D eigenvalue weighted by Crippen LogP contribution is 2.37. The molecule has 1 aromatic carbocycles. The van der Waals surface area contributed by atoms with Crippen molar-refractivity contribution in [3.63, 3.8) is 0 Å². The fraction of sp³-hybridized carbons (Fsp3) is 0.600. The Morgan fingerprint density at radius 3 is 2.25 bits per heavy atom. The zero-order valence-electron chi connectivity index (χ0n) is 15.0. The lowest BCUT2D eigenvalue weighted by atomic mass is 10.1. The standard InChI is InChI=1S/C15H25NO6SSi/c1-15(2,3)24(5,6)22-10-12-8-7-9-14(16(17)18)13(12)11-21-23(4,19)20/h7-9H,10-11H2,1-6H3. The minimum absolute atomic E-state index is 0.00284. The Labute approximate surface area is 144 Å². The molecule has 7 nitrogen and oxygen atoms in total. The Balaban J connectivity index is 3.14. The number of nitro benzene ring substituents is 1. The molecule has 0 radical (unpaired) electrons. The van der Waals surface area contributed by atoms with Crippen LogP contribution in [0.1, 0.15) is 31.9 Å². The van der Waals surface area contributed by atoms with Gasteiger partial charge in [0.15, 0.2) is 8.32 Å². The van der Waals surface area contributed by atoms with E-state index in [4.69, 9.17) is 8.61 Å². The van der Waals surface area contributed by atoms with Crippen LogP contribution in [0.2, 0.25) is 18.1 Å². The van der Waals surface area contributed by atoms with E-state index < -0.39 is 23.4 Å². The molecule has 0 N–H and O–H groups in total. The highest BCUT2D eigenvalue weighted by atomic mass is 32.2. The van der Waals surface area contributed by atoms with Gasteiger partial charge in [-0.05, 0) is 23.7 Å². The summed E-state index contributed by atoms with van der Waals surface area (Å²) < 4.78 is 33.3. The summed E-state index contributed by atoms with van der Waals surface area (Å²) >= 11 is 0. The fourth-order valence-corrected chi connectivity index (χ4v) is 3.02. The van der Waals surface area contributed by atoms with Crippen LogP contribution in [-0.2, 0) is 31.9 Å². The van der Waals surface area contributed by atoms with Crippen LogP contribution in [0.25, 0.3) is 0 Å². The maximum atomic E-state index is 11.2. The van der Waals surface area contributed by atoms with Crippen LogP contribution in [0.5, 0.6) is 0 Å². The summed E-state index contributed by atoms with van der Waals surface area (Å²) in [5.74, 6) is 0.